The fourth-order valence-corrected chi connectivity index (χ4v) is 2.78. The maximum atomic E-state index is 11.3. The quantitative estimate of drug-likeness (QED) is 0.787. The van der Waals surface area contributed by atoms with E-state index in [1.165, 1.54) is 12.1 Å². The second kappa shape index (κ2) is 6.10. The van der Waals surface area contributed by atoms with Gasteiger partial charge in [-0.1, -0.05) is 12.1 Å². The van der Waals surface area contributed by atoms with Crippen LogP contribution in [0.2, 0.25) is 0 Å². The molecule has 0 aliphatic carbocycles. The highest BCUT2D eigenvalue weighted by molar-refractivity contribution is 7.89. The van der Waals surface area contributed by atoms with Crippen LogP contribution in [0.25, 0.3) is 22.7 Å². The Balaban J connectivity index is 1.92. The molecule has 3 rings (SSSR count). The molecule has 7 heteroatoms. The van der Waals surface area contributed by atoms with Crippen molar-refractivity contribution in [3.8, 4) is 22.7 Å². The van der Waals surface area contributed by atoms with E-state index in [1.54, 1.807) is 18.4 Å². The normalized spacial score (nSPS) is 11.5. The maximum absolute atomic E-state index is 11.3. The molecular weight excluding hydrogens is 326 g/mol. The third-order valence-electron chi connectivity index (χ3n) is 3.59. The number of primary sulfonamides is 1. The van der Waals surface area contributed by atoms with Gasteiger partial charge in [0.05, 0.1) is 4.90 Å². The summed E-state index contributed by atoms with van der Waals surface area (Å²) in [5, 5.41) is 5.09. The van der Waals surface area contributed by atoms with Crippen LogP contribution in [-0.4, -0.2) is 27.5 Å². The first-order valence-electron chi connectivity index (χ1n) is 7.21. The lowest BCUT2D eigenvalue weighted by atomic mass is 10.1. The average Bonchev–Trinajstić information content (AvgIpc) is 3.04. The van der Waals surface area contributed by atoms with Gasteiger partial charge in [0.2, 0.25) is 15.9 Å². The summed E-state index contributed by atoms with van der Waals surface area (Å²) in [4.78, 5) is 6.54. The number of nitrogens with zero attached hydrogens (tertiary/aromatic N) is 2. The van der Waals surface area contributed by atoms with Gasteiger partial charge < -0.3 is 9.32 Å². The zero-order chi connectivity index (χ0) is 17.3. The topological polar surface area (TPSA) is 89.4 Å². The third kappa shape index (κ3) is 3.32. The molecule has 0 aliphatic heterocycles. The van der Waals surface area contributed by atoms with E-state index in [0.717, 1.165) is 11.3 Å². The second-order valence-corrected chi connectivity index (χ2v) is 7.11. The van der Waals surface area contributed by atoms with E-state index in [0.29, 0.717) is 17.1 Å². The fraction of sp³-hybridized carbons (Fsp3) is 0.118. The molecule has 1 aromatic heterocycles. The van der Waals surface area contributed by atoms with Gasteiger partial charge in [0.1, 0.15) is 12.0 Å². The molecule has 2 N–H and O–H groups in total. The minimum Gasteiger partial charge on any atom is -0.444 e. The van der Waals surface area contributed by atoms with Crippen LogP contribution in [0.15, 0.2) is 64.1 Å². The van der Waals surface area contributed by atoms with Gasteiger partial charge in [-0.2, -0.15) is 0 Å². The van der Waals surface area contributed by atoms with Gasteiger partial charge in [-0.25, -0.2) is 18.5 Å². The predicted molar refractivity (Wildman–Crippen MR) is 93.1 cm³/mol. The molecule has 6 nitrogen and oxygen atoms in total. The van der Waals surface area contributed by atoms with Crippen LogP contribution in [0.3, 0.4) is 0 Å². The summed E-state index contributed by atoms with van der Waals surface area (Å²) in [6.07, 6.45) is 1.58. The highest BCUT2D eigenvalue weighted by Gasteiger charge is 2.12. The smallest absolute Gasteiger partial charge is 0.238 e. The number of hydrogen-bond donors (Lipinski definition) is 1. The molecule has 0 amide bonds. The summed E-state index contributed by atoms with van der Waals surface area (Å²) < 4.78 is 28.1. The molecule has 0 aliphatic rings. The van der Waals surface area contributed by atoms with E-state index in [2.05, 4.69) is 4.98 Å². The van der Waals surface area contributed by atoms with Crippen LogP contribution >= 0.6 is 0 Å². The summed E-state index contributed by atoms with van der Waals surface area (Å²) in [7, 11) is 0.237. The summed E-state index contributed by atoms with van der Waals surface area (Å²) in [5.74, 6) is 0.418. The van der Waals surface area contributed by atoms with Gasteiger partial charge in [-0.05, 0) is 36.4 Å². The Hall–Kier alpha value is -2.64. The Morgan fingerprint density at radius 1 is 1.04 bits per heavy atom. The Bertz CT molecular complexity index is 961. The summed E-state index contributed by atoms with van der Waals surface area (Å²) in [5.41, 5.74) is 3.40. The van der Waals surface area contributed by atoms with Crippen LogP contribution in [0, 0.1) is 0 Å². The number of hydrogen-bond acceptors (Lipinski definition) is 5. The zero-order valence-corrected chi connectivity index (χ0v) is 14.1. The fourth-order valence-electron chi connectivity index (χ4n) is 2.27. The number of anilines is 1. The minimum atomic E-state index is -3.71. The SMILES string of the molecule is CN(C)c1cccc(-c2coc(-c3ccc(S(N)(=O)=O)cc3)n2)c1. The Morgan fingerprint density at radius 3 is 2.38 bits per heavy atom. The standard InChI is InChI=1S/C17H17N3O3S/c1-20(2)14-5-3-4-13(10-14)16-11-23-17(19-16)12-6-8-15(9-7-12)24(18,21)22/h3-11H,1-2H3,(H2,18,21,22). The van der Waals surface area contributed by atoms with Crippen molar-refractivity contribution in [1.29, 1.82) is 0 Å². The molecule has 24 heavy (non-hydrogen) atoms. The van der Waals surface area contributed by atoms with Crippen LogP contribution in [0.4, 0.5) is 5.69 Å². The Kier molecular flexibility index (Phi) is 4.13. The molecule has 0 bridgehead atoms. The van der Waals surface area contributed by atoms with Crippen molar-refractivity contribution in [2.24, 2.45) is 5.14 Å². The van der Waals surface area contributed by atoms with E-state index in [1.807, 2.05) is 43.3 Å². The molecule has 1 heterocycles. The zero-order valence-electron chi connectivity index (χ0n) is 13.3. The lowest BCUT2D eigenvalue weighted by molar-refractivity contribution is 0.574. The first-order valence-corrected chi connectivity index (χ1v) is 8.76. The number of benzene rings is 2. The molecule has 0 radical (unpaired) electrons. The number of nitrogens with two attached hydrogens (primary N) is 1. The molecule has 0 atom stereocenters. The average molecular weight is 343 g/mol. The van der Waals surface area contributed by atoms with Gasteiger partial charge >= 0.3 is 0 Å². The van der Waals surface area contributed by atoms with Crippen molar-refractivity contribution in [3.05, 3.63) is 54.8 Å². The second-order valence-electron chi connectivity index (χ2n) is 5.55. The van der Waals surface area contributed by atoms with Crippen LogP contribution in [-0.2, 0) is 10.0 Å². The minimum absolute atomic E-state index is 0.0525. The van der Waals surface area contributed by atoms with Crippen molar-refractivity contribution >= 4 is 15.7 Å². The summed E-state index contributed by atoms with van der Waals surface area (Å²) in [6.45, 7) is 0. The Morgan fingerprint density at radius 2 is 1.75 bits per heavy atom. The largest absolute Gasteiger partial charge is 0.444 e. The van der Waals surface area contributed by atoms with Crippen LogP contribution < -0.4 is 10.0 Å². The predicted octanol–water partition coefficient (Wildman–Crippen LogP) is 2.72. The van der Waals surface area contributed by atoms with Crippen LogP contribution in [0.1, 0.15) is 0 Å². The number of sulfonamides is 1. The highest BCUT2D eigenvalue weighted by Crippen LogP contribution is 2.27. The molecule has 0 fully saturated rings. The molecule has 0 spiro atoms. The third-order valence-corrected chi connectivity index (χ3v) is 4.52. The van der Waals surface area contributed by atoms with Crippen molar-refractivity contribution < 1.29 is 12.8 Å². The lowest BCUT2D eigenvalue weighted by Crippen LogP contribution is -2.11. The highest BCUT2D eigenvalue weighted by atomic mass is 32.2. The number of aromatic nitrogens is 1. The summed E-state index contributed by atoms with van der Waals surface area (Å²) in [6, 6.07) is 14.0. The first kappa shape index (κ1) is 16.2. The molecular formula is C17H17N3O3S. The first-order chi connectivity index (χ1) is 11.3. The van der Waals surface area contributed by atoms with Gasteiger partial charge in [0.25, 0.3) is 0 Å². The van der Waals surface area contributed by atoms with E-state index in [4.69, 9.17) is 9.56 Å². The molecule has 3 aromatic rings. The van der Waals surface area contributed by atoms with E-state index >= 15 is 0 Å². The van der Waals surface area contributed by atoms with Crippen molar-refractivity contribution in [1.82, 2.24) is 4.98 Å². The molecule has 2 aromatic carbocycles. The van der Waals surface area contributed by atoms with E-state index < -0.39 is 10.0 Å². The van der Waals surface area contributed by atoms with Crippen molar-refractivity contribution in [2.45, 2.75) is 4.90 Å². The summed E-state index contributed by atoms with van der Waals surface area (Å²) >= 11 is 0. The molecule has 0 unspecified atom stereocenters. The van der Waals surface area contributed by atoms with Gasteiger partial charge in [-0.3, -0.25) is 0 Å². The number of oxazole rings is 1. The van der Waals surface area contributed by atoms with Crippen LogP contribution in [0.5, 0.6) is 0 Å². The Labute approximate surface area is 140 Å². The van der Waals surface area contributed by atoms with Gasteiger partial charge in [0.15, 0.2) is 0 Å². The monoisotopic (exact) mass is 343 g/mol. The van der Waals surface area contributed by atoms with Crippen molar-refractivity contribution in [3.63, 3.8) is 0 Å². The molecule has 0 saturated heterocycles. The van der Waals surface area contributed by atoms with Crippen molar-refractivity contribution in [2.75, 3.05) is 19.0 Å². The van der Waals surface area contributed by atoms with E-state index in [9.17, 15) is 8.42 Å². The molecule has 0 saturated carbocycles. The van der Waals surface area contributed by atoms with Gasteiger partial charge in [-0.15, -0.1) is 0 Å². The van der Waals surface area contributed by atoms with E-state index in [-0.39, 0.29) is 4.90 Å². The van der Waals surface area contributed by atoms with Gasteiger partial charge in [0, 0.05) is 30.9 Å². The maximum Gasteiger partial charge on any atom is 0.238 e. The molecule has 124 valence electrons. The number of rotatable bonds is 4. The lowest BCUT2D eigenvalue weighted by Gasteiger charge is -2.12.